The number of halogens is 3. The molecule has 1 heterocycles. The smallest absolute Gasteiger partial charge is 0.370 e. The lowest BCUT2D eigenvalue weighted by molar-refractivity contribution is -0.214. The largest absolute Gasteiger partial charge is 0.429 e. The number of alkyl halides is 3. The quantitative estimate of drug-likeness (QED) is 0.618. The summed E-state index contributed by atoms with van der Waals surface area (Å²) in [4.78, 5) is 0.782. The first-order chi connectivity index (χ1) is 4.85. The summed E-state index contributed by atoms with van der Waals surface area (Å²) in [6, 6.07) is 0. The third-order valence-electron chi connectivity index (χ3n) is 1.28. The summed E-state index contributed by atoms with van der Waals surface area (Å²) in [6.07, 6.45) is -4.60. The number of hydrogen-bond acceptors (Lipinski definition) is 3. The van der Waals surface area contributed by atoms with Gasteiger partial charge in [-0.25, -0.2) is 0 Å². The average Bonchev–Trinajstić information content (AvgIpc) is 2.10. The molecule has 0 spiro atoms. The zero-order chi connectivity index (χ0) is 8.70. The Hall–Kier alpha value is -0.230. The van der Waals surface area contributed by atoms with Crippen molar-refractivity contribution in [1.29, 1.82) is 0 Å². The first kappa shape index (κ1) is 8.86. The van der Waals surface area contributed by atoms with Crippen LogP contribution < -0.4 is 0 Å². The Labute approximate surface area is 65.5 Å². The van der Waals surface area contributed by atoms with Gasteiger partial charge in [-0.2, -0.15) is 13.2 Å². The maximum atomic E-state index is 12.0. The van der Waals surface area contributed by atoms with Gasteiger partial charge in [0.1, 0.15) is 0 Å². The molecule has 1 N–H and O–H groups in total. The third kappa shape index (κ3) is 1.51. The van der Waals surface area contributed by atoms with Gasteiger partial charge in [0, 0.05) is 0 Å². The highest BCUT2D eigenvalue weighted by molar-refractivity contribution is 8.15. The molecular formula is C5H6F3NOS. The van der Waals surface area contributed by atoms with E-state index in [1.54, 1.807) is 0 Å². The Morgan fingerprint density at radius 1 is 1.64 bits per heavy atom. The lowest BCUT2D eigenvalue weighted by atomic mass is 10.3. The number of nitrogens with zero attached hydrogens (tertiary/aromatic N) is 1. The maximum Gasteiger partial charge on any atom is 0.429 e. The van der Waals surface area contributed by atoms with Gasteiger partial charge in [0.25, 0.3) is 0 Å². The Balaban J connectivity index is 2.74. The van der Waals surface area contributed by atoms with Crippen LogP contribution in [0.3, 0.4) is 0 Å². The molecule has 1 rings (SSSR count). The van der Waals surface area contributed by atoms with Gasteiger partial charge in [0.15, 0.2) is 0 Å². The van der Waals surface area contributed by atoms with Crippen LogP contribution in [-0.2, 0) is 0 Å². The summed E-state index contributed by atoms with van der Waals surface area (Å²) in [5, 5.41) is 9.19. The summed E-state index contributed by atoms with van der Waals surface area (Å²) >= 11 is 0.355. The van der Waals surface area contributed by atoms with Crippen LogP contribution in [0.2, 0.25) is 0 Å². The van der Waals surface area contributed by atoms with Crippen LogP contribution in [0.4, 0.5) is 13.2 Å². The normalized spacial score (nSPS) is 32.3. The molecule has 0 amide bonds. The van der Waals surface area contributed by atoms with Gasteiger partial charge in [0.05, 0.1) is 11.6 Å². The van der Waals surface area contributed by atoms with Crippen molar-refractivity contribution in [2.75, 3.05) is 6.54 Å². The van der Waals surface area contributed by atoms with Crippen molar-refractivity contribution < 1.29 is 18.3 Å². The van der Waals surface area contributed by atoms with Crippen molar-refractivity contribution in [1.82, 2.24) is 0 Å². The van der Waals surface area contributed by atoms with Gasteiger partial charge in [-0.3, -0.25) is 4.99 Å². The molecule has 2 nitrogen and oxygen atoms in total. The molecule has 1 aliphatic heterocycles. The topological polar surface area (TPSA) is 32.6 Å². The summed E-state index contributed by atoms with van der Waals surface area (Å²) in [5.41, 5.74) is 0. The van der Waals surface area contributed by atoms with Gasteiger partial charge in [0.2, 0.25) is 4.93 Å². The van der Waals surface area contributed by atoms with E-state index in [0.717, 1.165) is 0 Å². The SMILES string of the molecule is CC1=NCC(O)(C(F)(F)F)S1. The summed E-state index contributed by atoms with van der Waals surface area (Å²) in [7, 11) is 0. The summed E-state index contributed by atoms with van der Waals surface area (Å²) < 4.78 is 35.9. The molecule has 6 heteroatoms. The first-order valence-corrected chi connectivity index (χ1v) is 3.66. The Bertz CT molecular complexity index is 202. The van der Waals surface area contributed by atoms with E-state index in [-0.39, 0.29) is 5.04 Å². The molecule has 0 bridgehead atoms. The molecule has 64 valence electrons. The van der Waals surface area contributed by atoms with Gasteiger partial charge in [-0.15, -0.1) is 0 Å². The van der Waals surface area contributed by atoms with Crippen LogP contribution in [0.1, 0.15) is 6.92 Å². The number of thioether (sulfide) groups is 1. The fraction of sp³-hybridized carbons (Fsp3) is 0.800. The zero-order valence-electron chi connectivity index (χ0n) is 5.64. The van der Waals surface area contributed by atoms with E-state index in [1.165, 1.54) is 6.92 Å². The molecule has 0 saturated carbocycles. The molecule has 0 aromatic heterocycles. The van der Waals surface area contributed by atoms with E-state index in [1.807, 2.05) is 0 Å². The molecule has 0 aliphatic carbocycles. The molecule has 0 saturated heterocycles. The molecule has 0 aromatic rings. The van der Waals surface area contributed by atoms with E-state index in [0.29, 0.717) is 11.8 Å². The molecule has 1 aliphatic rings. The lowest BCUT2D eigenvalue weighted by Gasteiger charge is -2.22. The van der Waals surface area contributed by atoms with E-state index in [9.17, 15) is 13.2 Å². The Morgan fingerprint density at radius 2 is 2.18 bits per heavy atom. The predicted octanol–water partition coefficient (Wildman–Crippen LogP) is 1.40. The van der Waals surface area contributed by atoms with Crippen LogP contribution in [0.5, 0.6) is 0 Å². The standard InChI is InChI=1S/C5H6F3NOS/c1-3-9-2-4(10,11-3)5(6,7)8/h10H,2H2,1H3. The fourth-order valence-corrected chi connectivity index (χ4v) is 1.54. The number of hydrogen-bond donors (Lipinski definition) is 1. The maximum absolute atomic E-state index is 12.0. The summed E-state index contributed by atoms with van der Waals surface area (Å²) in [6.45, 7) is 0.849. The number of aliphatic hydroxyl groups is 1. The molecule has 1 atom stereocenters. The second-order valence-corrected chi connectivity index (χ2v) is 3.69. The van der Waals surface area contributed by atoms with Crippen molar-refractivity contribution in [2.24, 2.45) is 4.99 Å². The molecule has 11 heavy (non-hydrogen) atoms. The minimum Gasteiger partial charge on any atom is -0.370 e. The van der Waals surface area contributed by atoms with Crippen LogP contribution in [0.15, 0.2) is 4.99 Å². The highest BCUT2D eigenvalue weighted by atomic mass is 32.2. The minimum absolute atomic E-state index is 0.268. The van der Waals surface area contributed by atoms with Crippen molar-refractivity contribution in [3.63, 3.8) is 0 Å². The van der Waals surface area contributed by atoms with E-state index in [2.05, 4.69) is 4.99 Å². The Kier molecular flexibility index (Phi) is 1.92. The Morgan fingerprint density at radius 3 is 2.36 bits per heavy atom. The van der Waals surface area contributed by atoms with E-state index in [4.69, 9.17) is 5.11 Å². The van der Waals surface area contributed by atoms with Crippen LogP contribution in [-0.4, -0.2) is 27.8 Å². The van der Waals surface area contributed by atoms with E-state index < -0.39 is 17.7 Å². The van der Waals surface area contributed by atoms with Crippen molar-refractivity contribution >= 4 is 16.8 Å². The van der Waals surface area contributed by atoms with Crippen molar-refractivity contribution in [3.05, 3.63) is 0 Å². The number of rotatable bonds is 0. The summed E-state index contributed by atoms with van der Waals surface area (Å²) in [5.74, 6) is 0. The molecule has 1 unspecified atom stereocenters. The van der Waals surface area contributed by atoms with Crippen molar-refractivity contribution in [3.8, 4) is 0 Å². The molecule has 0 radical (unpaired) electrons. The third-order valence-corrected chi connectivity index (χ3v) is 2.40. The second-order valence-electron chi connectivity index (χ2n) is 2.22. The van der Waals surface area contributed by atoms with Crippen LogP contribution in [0, 0.1) is 0 Å². The highest BCUT2D eigenvalue weighted by Crippen LogP contribution is 2.43. The van der Waals surface area contributed by atoms with Crippen LogP contribution in [0.25, 0.3) is 0 Å². The average molecular weight is 185 g/mol. The fourth-order valence-electron chi connectivity index (χ4n) is 0.675. The van der Waals surface area contributed by atoms with Gasteiger partial charge < -0.3 is 5.11 Å². The minimum atomic E-state index is -4.60. The zero-order valence-corrected chi connectivity index (χ0v) is 6.46. The monoisotopic (exact) mass is 185 g/mol. The van der Waals surface area contributed by atoms with Gasteiger partial charge in [-0.1, -0.05) is 11.8 Å². The predicted molar refractivity (Wildman–Crippen MR) is 36.6 cm³/mol. The number of aliphatic imine (C=N–C) groups is 1. The molecule has 0 fully saturated rings. The van der Waals surface area contributed by atoms with Gasteiger partial charge in [-0.05, 0) is 6.92 Å². The second kappa shape index (κ2) is 2.38. The molecular weight excluding hydrogens is 179 g/mol. The van der Waals surface area contributed by atoms with E-state index >= 15 is 0 Å². The first-order valence-electron chi connectivity index (χ1n) is 2.84. The lowest BCUT2D eigenvalue weighted by Crippen LogP contribution is -2.42. The highest BCUT2D eigenvalue weighted by Gasteiger charge is 2.56. The molecule has 0 aromatic carbocycles. The van der Waals surface area contributed by atoms with Crippen LogP contribution >= 0.6 is 11.8 Å². The van der Waals surface area contributed by atoms with Crippen molar-refractivity contribution in [2.45, 2.75) is 18.0 Å². The van der Waals surface area contributed by atoms with Gasteiger partial charge >= 0.3 is 6.18 Å².